The van der Waals surface area contributed by atoms with Gasteiger partial charge in [0.05, 0.1) is 6.61 Å². The van der Waals surface area contributed by atoms with E-state index in [1.54, 1.807) is 7.11 Å². The second-order valence-electron chi connectivity index (χ2n) is 5.26. The standard InChI is InChI=1S/C12H24N4O2/c1-18-9-11(12(17)14-13)16-6-4-15(5-7-16)8-10-2-3-10/h10-11H,2-9,13H2,1H3,(H,14,17). The number of nitrogens with two attached hydrogens (primary N) is 1. The van der Waals surface area contributed by atoms with Gasteiger partial charge in [0.25, 0.3) is 5.91 Å². The minimum Gasteiger partial charge on any atom is -0.383 e. The lowest BCUT2D eigenvalue weighted by Gasteiger charge is -2.38. The van der Waals surface area contributed by atoms with Gasteiger partial charge in [-0.1, -0.05) is 0 Å². The number of carbonyl (C=O) groups is 1. The number of amides is 1. The SMILES string of the molecule is COCC(C(=O)NN)N1CCN(CC2CC2)CC1. The maximum atomic E-state index is 11.7. The van der Waals surface area contributed by atoms with Gasteiger partial charge in [-0.25, -0.2) is 5.84 Å². The van der Waals surface area contributed by atoms with Gasteiger partial charge in [0, 0.05) is 39.8 Å². The van der Waals surface area contributed by atoms with E-state index in [1.165, 1.54) is 19.4 Å². The highest BCUT2D eigenvalue weighted by atomic mass is 16.5. The van der Waals surface area contributed by atoms with E-state index in [9.17, 15) is 4.79 Å². The molecule has 1 unspecified atom stereocenters. The molecule has 1 saturated carbocycles. The Hall–Kier alpha value is -0.690. The molecule has 0 aromatic heterocycles. The molecule has 0 spiro atoms. The largest absolute Gasteiger partial charge is 0.383 e. The Balaban J connectivity index is 1.79. The van der Waals surface area contributed by atoms with Crippen molar-refractivity contribution in [1.82, 2.24) is 15.2 Å². The molecule has 104 valence electrons. The van der Waals surface area contributed by atoms with Gasteiger partial charge in [-0.15, -0.1) is 0 Å². The lowest BCUT2D eigenvalue weighted by atomic mass is 10.2. The molecule has 2 fully saturated rings. The molecule has 6 nitrogen and oxygen atoms in total. The number of carbonyl (C=O) groups excluding carboxylic acids is 1. The summed E-state index contributed by atoms with van der Waals surface area (Å²) in [7, 11) is 1.61. The van der Waals surface area contributed by atoms with Crippen molar-refractivity contribution < 1.29 is 9.53 Å². The number of nitrogens with one attached hydrogen (secondary N) is 1. The van der Waals surface area contributed by atoms with E-state index in [2.05, 4.69) is 15.2 Å². The molecule has 18 heavy (non-hydrogen) atoms. The summed E-state index contributed by atoms with van der Waals surface area (Å²) in [6, 6.07) is -0.261. The number of hydrogen-bond donors (Lipinski definition) is 2. The topological polar surface area (TPSA) is 70.8 Å². The van der Waals surface area contributed by atoms with Crippen LogP contribution in [0.1, 0.15) is 12.8 Å². The fraction of sp³-hybridized carbons (Fsp3) is 0.917. The highest BCUT2D eigenvalue weighted by Gasteiger charge is 2.31. The predicted molar refractivity (Wildman–Crippen MR) is 68.7 cm³/mol. The van der Waals surface area contributed by atoms with E-state index in [-0.39, 0.29) is 11.9 Å². The third-order valence-corrected chi connectivity index (χ3v) is 3.83. The van der Waals surface area contributed by atoms with Gasteiger partial charge in [-0.2, -0.15) is 0 Å². The number of methoxy groups -OCH3 is 1. The summed E-state index contributed by atoms with van der Waals surface area (Å²) >= 11 is 0. The second kappa shape index (κ2) is 6.47. The first-order chi connectivity index (χ1) is 8.74. The molecule has 3 N–H and O–H groups in total. The molecule has 1 heterocycles. The zero-order chi connectivity index (χ0) is 13.0. The number of rotatable bonds is 6. The second-order valence-corrected chi connectivity index (χ2v) is 5.26. The van der Waals surface area contributed by atoms with Crippen LogP contribution in [0.4, 0.5) is 0 Å². The minimum atomic E-state index is -0.261. The van der Waals surface area contributed by atoms with Crippen LogP contribution in [-0.2, 0) is 9.53 Å². The molecule has 0 aromatic rings. The molecule has 2 aliphatic rings. The van der Waals surface area contributed by atoms with Crippen molar-refractivity contribution in [2.24, 2.45) is 11.8 Å². The zero-order valence-corrected chi connectivity index (χ0v) is 11.1. The van der Waals surface area contributed by atoms with Crippen LogP contribution in [0.5, 0.6) is 0 Å². The molecule has 0 bridgehead atoms. The van der Waals surface area contributed by atoms with E-state index < -0.39 is 0 Å². The van der Waals surface area contributed by atoms with Gasteiger partial charge in [0.1, 0.15) is 6.04 Å². The van der Waals surface area contributed by atoms with Crippen molar-refractivity contribution in [1.29, 1.82) is 0 Å². The Morgan fingerprint density at radius 3 is 2.56 bits per heavy atom. The average molecular weight is 256 g/mol. The van der Waals surface area contributed by atoms with Crippen molar-refractivity contribution in [2.75, 3.05) is 46.4 Å². The van der Waals surface area contributed by atoms with Crippen molar-refractivity contribution in [3.05, 3.63) is 0 Å². The fourth-order valence-corrected chi connectivity index (χ4v) is 2.52. The molecule has 1 aliphatic carbocycles. The molecule has 6 heteroatoms. The first-order valence-corrected chi connectivity index (χ1v) is 6.70. The molecular formula is C12H24N4O2. The van der Waals surface area contributed by atoms with Gasteiger partial charge in [0.2, 0.25) is 0 Å². The van der Waals surface area contributed by atoms with Crippen LogP contribution in [0, 0.1) is 5.92 Å². The summed E-state index contributed by atoms with van der Waals surface area (Å²) in [5, 5.41) is 0. The Labute approximate surface area is 108 Å². The first kappa shape index (κ1) is 13.7. The Morgan fingerprint density at radius 2 is 2.06 bits per heavy atom. The molecule has 1 amide bonds. The molecule has 1 aliphatic heterocycles. The summed E-state index contributed by atoms with van der Waals surface area (Å²) < 4.78 is 5.11. The van der Waals surface area contributed by atoms with E-state index in [1.807, 2.05) is 0 Å². The monoisotopic (exact) mass is 256 g/mol. The van der Waals surface area contributed by atoms with Gasteiger partial charge in [0.15, 0.2) is 0 Å². The van der Waals surface area contributed by atoms with Crippen LogP contribution in [0.3, 0.4) is 0 Å². The maximum Gasteiger partial charge on any atom is 0.253 e. The van der Waals surface area contributed by atoms with Crippen molar-refractivity contribution in [2.45, 2.75) is 18.9 Å². The highest BCUT2D eigenvalue weighted by molar-refractivity contribution is 5.81. The third-order valence-electron chi connectivity index (χ3n) is 3.83. The smallest absolute Gasteiger partial charge is 0.253 e. The van der Waals surface area contributed by atoms with Gasteiger partial charge < -0.3 is 9.64 Å². The van der Waals surface area contributed by atoms with E-state index >= 15 is 0 Å². The lowest BCUT2D eigenvalue weighted by molar-refractivity contribution is -0.129. The van der Waals surface area contributed by atoms with Gasteiger partial charge in [-0.3, -0.25) is 15.1 Å². The predicted octanol–water partition coefficient (Wildman–Crippen LogP) is -0.981. The van der Waals surface area contributed by atoms with Crippen LogP contribution in [0.25, 0.3) is 0 Å². The van der Waals surface area contributed by atoms with E-state index in [0.29, 0.717) is 6.61 Å². The summed E-state index contributed by atoms with van der Waals surface area (Å²) in [5.74, 6) is 5.99. The van der Waals surface area contributed by atoms with E-state index in [4.69, 9.17) is 10.6 Å². The van der Waals surface area contributed by atoms with Crippen LogP contribution in [0.2, 0.25) is 0 Å². The fourth-order valence-electron chi connectivity index (χ4n) is 2.52. The number of hydrazine groups is 1. The Bertz CT molecular complexity index is 275. The number of ether oxygens (including phenoxy) is 1. The molecule has 1 saturated heterocycles. The summed E-state index contributed by atoms with van der Waals surface area (Å²) in [6.45, 7) is 5.52. The molecular weight excluding hydrogens is 232 g/mol. The molecule has 0 radical (unpaired) electrons. The van der Waals surface area contributed by atoms with Crippen LogP contribution in [-0.4, -0.2) is 68.2 Å². The third kappa shape index (κ3) is 3.65. The van der Waals surface area contributed by atoms with Crippen LogP contribution in [0.15, 0.2) is 0 Å². The molecule has 1 atom stereocenters. The van der Waals surface area contributed by atoms with E-state index in [0.717, 1.165) is 32.1 Å². The first-order valence-electron chi connectivity index (χ1n) is 6.70. The number of nitrogens with zero attached hydrogens (tertiary/aromatic N) is 2. The van der Waals surface area contributed by atoms with Crippen LogP contribution < -0.4 is 11.3 Å². The van der Waals surface area contributed by atoms with Gasteiger partial charge >= 0.3 is 0 Å². The molecule has 2 rings (SSSR count). The number of piperazine rings is 1. The highest BCUT2D eigenvalue weighted by Crippen LogP contribution is 2.29. The normalized spacial score (nSPS) is 23.9. The summed E-state index contributed by atoms with van der Waals surface area (Å²) in [6.07, 6.45) is 2.78. The molecule has 0 aromatic carbocycles. The lowest BCUT2D eigenvalue weighted by Crippen LogP contribution is -2.57. The van der Waals surface area contributed by atoms with Crippen molar-refractivity contribution in [3.8, 4) is 0 Å². The minimum absolute atomic E-state index is 0.160. The quantitative estimate of drug-likeness (QED) is 0.363. The number of hydrogen-bond acceptors (Lipinski definition) is 5. The Kier molecular flexibility index (Phi) is 4.94. The average Bonchev–Trinajstić information content (AvgIpc) is 3.20. The summed E-state index contributed by atoms with van der Waals surface area (Å²) in [4.78, 5) is 16.4. The zero-order valence-electron chi connectivity index (χ0n) is 11.1. The maximum absolute atomic E-state index is 11.7. The van der Waals surface area contributed by atoms with Crippen molar-refractivity contribution >= 4 is 5.91 Å². The van der Waals surface area contributed by atoms with Crippen molar-refractivity contribution in [3.63, 3.8) is 0 Å². The van der Waals surface area contributed by atoms with Gasteiger partial charge in [-0.05, 0) is 18.8 Å². The summed E-state index contributed by atoms with van der Waals surface area (Å²) in [5.41, 5.74) is 2.23. The Morgan fingerprint density at radius 1 is 1.39 bits per heavy atom. The van der Waals surface area contributed by atoms with Crippen LogP contribution >= 0.6 is 0 Å².